The van der Waals surface area contributed by atoms with Gasteiger partial charge in [0.05, 0.1) is 5.71 Å². The summed E-state index contributed by atoms with van der Waals surface area (Å²) >= 11 is 0. The van der Waals surface area contributed by atoms with Crippen LogP contribution in [0.4, 0.5) is 0 Å². The molecule has 4 heteroatoms. The van der Waals surface area contributed by atoms with Crippen LogP contribution in [0.2, 0.25) is 0 Å². The van der Waals surface area contributed by atoms with Gasteiger partial charge in [0, 0.05) is 23.5 Å². The molecular weight excluding hydrogens is 360 g/mol. The van der Waals surface area contributed by atoms with Gasteiger partial charge in [-0.15, -0.1) is 0 Å². The Balaban J connectivity index is 1.45. The van der Waals surface area contributed by atoms with Crippen molar-refractivity contribution in [1.29, 1.82) is 0 Å². The van der Waals surface area contributed by atoms with E-state index in [1.165, 1.54) is 5.56 Å². The quantitative estimate of drug-likeness (QED) is 0.392. The Morgan fingerprint density at radius 3 is 2.62 bits per heavy atom. The third kappa shape index (κ3) is 4.65. The highest BCUT2D eigenvalue weighted by atomic mass is 16.6. The minimum Gasteiger partial charge on any atom is -0.383 e. The van der Waals surface area contributed by atoms with Crippen molar-refractivity contribution in [2.45, 2.75) is 38.7 Å². The van der Waals surface area contributed by atoms with Crippen molar-refractivity contribution in [3.8, 4) is 5.75 Å². The summed E-state index contributed by atoms with van der Waals surface area (Å²) in [4.78, 5) is 10.1. The van der Waals surface area contributed by atoms with Gasteiger partial charge in [0.25, 0.3) is 0 Å². The number of hydrogen-bond donors (Lipinski definition) is 0. The second-order valence-corrected chi connectivity index (χ2v) is 7.71. The smallest absolute Gasteiger partial charge is 0.182 e. The average Bonchev–Trinajstić information content (AvgIpc) is 2.75. The second-order valence-electron chi connectivity index (χ2n) is 7.71. The van der Waals surface area contributed by atoms with E-state index in [0.29, 0.717) is 5.92 Å². The Hall–Kier alpha value is -3.14. The Morgan fingerprint density at radius 2 is 1.83 bits per heavy atom. The molecule has 1 aliphatic carbocycles. The molecule has 1 radical (unpaired) electrons. The molecule has 2 aromatic carbocycles. The summed E-state index contributed by atoms with van der Waals surface area (Å²) in [6.07, 6.45) is 6.97. The zero-order valence-electron chi connectivity index (χ0n) is 16.6. The first-order valence-corrected chi connectivity index (χ1v) is 10.1. The van der Waals surface area contributed by atoms with Crippen molar-refractivity contribution in [2.75, 3.05) is 0 Å². The van der Waals surface area contributed by atoms with E-state index in [0.717, 1.165) is 48.1 Å². The van der Waals surface area contributed by atoms with Crippen LogP contribution < -0.4 is 0 Å². The van der Waals surface area contributed by atoms with E-state index >= 15 is 0 Å². The number of pyridine rings is 1. The maximum absolute atomic E-state index is 12.0. The molecule has 2 atom stereocenters. The van der Waals surface area contributed by atoms with E-state index in [-0.39, 0.29) is 11.9 Å². The monoisotopic (exact) mass is 385 g/mol. The molecular formula is C25H25N2O2. The number of nitrogens with zero attached hydrogens (tertiary/aromatic N) is 2. The van der Waals surface area contributed by atoms with Gasteiger partial charge in [0.1, 0.15) is 0 Å². The third-order valence-electron chi connectivity index (χ3n) is 5.55. The van der Waals surface area contributed by atoms with Gasteiger partial charge in [0.2, 0.25) is 0 Å². The first kappa shape index (κ1) is 19.2. The van der Waals surface area contributed by atoms with Crippen molar-refractivity contribution in [1.82, 2.24) is 4.98 Å². The van der Waals surface area contributed by atoms with Crippen LogP contribution in [0.1, 0.15) is 48.1 Å². The van der Waals surface area contributed by atoms with E-state index in [2.05, 4.69) is 28.3 Å². The Morgan fingerprint density at radius 1 is 1.07 bits per heavy atom. The summed E-state index contributed by atoms with van der Waals surface area (Å²) in [6.45, 7) is 2.02. The Kier molecular flexibility index (Phi) is 5.89. The van der Waals surface area contributed by atoms with Gasteiger partial charge in [0.15, 0.2) is 11.9 Å². The number of oxime groups is 1. The van der Waals surface area contributed by atoms with Crippen LogP contribution >= 0.6 is 0 Å². The van der Waals surface area contributed by atoms with Crippen LogP contribution in [-0.4, -0.2) is 10.7 Å². The molecule has 0 saturated heterocycles. The lowest BCUT2D eigenvalue weighted by Crippen LogP contribution is -2.17. The fraction of sp³-hybridized carbons (Fsp3) is 0.280. The fourth-order valence-electron chi connectivity index (χ4n) is 4.10. The summed E-state index contributed by atoms with van der Waals surface area (Å²) < 4.78 is 0. The zero-order valence-corrected chi connectivity index (χ0v) is 16.6. The van der Waals surface area contributed by atoms with Crippen LogP contribution in [0.3, 0.4) is 0 Å². The maximum atomic E-state index is 12.0. The number of rotatable bonds is 6. The largest absolute Gasteiger partial charge is 0.383 e. The molecule has 1 heterocycles. The van der Waals surface area contributed by atoms with Gasteiger partial charge in [-0.2, -0.15) is 0 Å². The summed E-state index contributed by atoms with van der Waals surface area (Å²) in [6, 6.07) is 19.7. The Bertz CT molecular complexity index is 931. The number of fused-ring (bicyclic) bond motifs is 1. The maximum Gasteiger partial charge on any atom is 0.182 e. The molecule has 0 bridgehead atoms. The van der Waals surface area contributed by atoms with Crippen molar-refractivity contribution in [2.24, 2.45) is 11.1 Å². The second kappa shape index (κ2) is 8.91. The minimum atomic E-state index is -0.260. The molecule has 0 N–H and O–H groups in total. The lowest BCUT2D eigenvalue weighted by molar-refractivity contribution is 0.0863. The number of benzene rings is 2. The average molecular weight is 385 g/mol. The van der Waals surface area contributed by atoms with Gasteiger partial charge in [-0.05, 0) is 67.9 Å². The van der Waals surface area contributed by atoms with Gasteiger partial charge in [-0.1, -0.05) is 47.6 Å². The van der Waals surface area contributed by atoms with Crippen molar-refractivity contribution < 1.29 is 9.94 Å². The molecule has 3 aromatic rings. The van der Waals surface area contributed by atoms with E-state index < -0.39 is 0 Å². The lowest BCUT2D eigenvalue weighted by atomic mass is 9.81. The van der Waals surface area contributed by atoms with Crippen LogP contribution in [0.15, 0.2) is 78.2 Å². The molecule has 0 amide bonds. The molecule has 0 saturated carbocycles. The fourth-order valence-corrected chi connectivity index (χ4v) is 4.10. The van der Waals surface area contributed by atoms with Crippen molar-refractivity contribution in [3.63, 3.8) is 0 Å². The van der Waals surface area contributed by atoms with Gasteiger partial charge >= 0.3 is 0 Å². The van der Waals surface area contributed by atoms with Crippen LogP contribution in [0, 0.1) is 5.92 Å². The molecule has 0 fully saturated rings. The van der Waals surface area contributed by atoms with E-state index in [1.807, 2.05) is 43.3 Å². The van der Waals surface area contributed by atoms with Gasteiger partial charge in [-0.3, -0.25) is 10.1 Å². The molecule has 1 aliphatic rings. The summed E-state index contributed by atoms with van der Waals surface area (Å²) in [5.74, 6) is 0.672. The Labute approximate surface area is 171 Å². The van der Waals surface area contributed by atoms with E-state index in [4.69, 9.17) is 4.84 Å². The van der Waals surface area contributed by atoms with Gasteiger partial charge in [-0.25, -0.2) is 0 Å². The predicted molar refractivity (Wildman–Crippen MR) is 113 cm³/mol. The SMILES string of the molecule is CC(CC1CCc2c([O])cccc2C1)=NOC(c1ccccc1)c1ccncc1. The third-order valence-corrected chi connectivity index (χ3v) is 5.55. The predicted octanol–water partition coefficient (Wildman–Crippen LogP) is 5.90. The molecule has 4 nitrogen and oxygen atoms in total. The number of hydrogen-bond acceptors (Lipinski definition) is 3. The van der Waals surface area contributed by atoms with Gasteiger partial charge < -0.3 is 4.84 Å². The van der Waals surface area contributed by atoms with Crippen LogP contribution in [0.25, 0.3) is 0 Å². The topological polar surface area (TPSA) is 54.4 Å². The highest BCUT2D eigenvalue weighted by Crippen LogP contribution is 2.33. The summed E-state index contributed by atoms with van der Waals surface area (Å²) in [7, 11) is 0. The summed E-state index contributed by atoms with van der Waals surface area (Å²) in [5.41, 5.74) is 5.26. The first-order chi connectivity index (χ1) is 14.2. The zero-order chi connectivity index (χ0) is 20.1. The van der Waals surface area contributed by atoms with E-state index in [1.54, 1.807) is 18.5 Å². The van der Waals surface area contributed by atoms with Crippen molar-refractivity contribution >= 4 is 5.71 Å². The number of aromatic nitrogens is 1. The van der Waals surface area contributed by atoms with Crippen LogP contribution in [0.5, 0.6) is 5.75 Å². The molecule has 0 aliphatic heterocycles. The molecule has 1 aromatic heterocycles. The highest BCUT2D eigenvalue weighted by Gasteiger charge is 2.22. The minimum absolute atomic E-state index is 0.178. The molecule has 147 valence electrons. The molecule has 29 heavy (non-hydrogen) atoms. The first-order valence-electron chi connectivity index (χ1n) is 10.1. The normalized spacial score (nSPS) is 17.4. The molecule has 4 rings (SSSR count). The molecule has 2 unspecified atom stereocenters. The standard InChI is InChI=1S/C25H25N2O2/c1-18(16-19-10-11-23-22(17-19)8-5-9-24(23)28)27-29-25(20-6-3-2-4-7-20)21-12-14-26-15-13-21/h2-9,12-15,19,25H,10-11,16-17H2,1H3. The highest BCUT2D eigenvalue weighted by molar-refractivity contribution is 5.81. The van der Waals surface area contributed by atoms with E-state index in [9.17, 15) is 5.11 Å². The lowest BCUT2D eigenvalue weighted by Gasteiger charge is -2.24. The van der Waals surface area contributed by atoms with Crippen LogP contribution in [-0.2, 0) is 22.8 Å². The summed E-state index contributed by atoms with van der Waals surface area (Å²) in [5, 5.41) is 16.5. The van der Waals surface area contributed by atoms with Crippen molar-refractivity contribution in [3.05, 3.63) is 95.3 Å². The molecule has 0 spiro atoms.